The van der Waals surface area contributed by atoms with Crippen molar-refractivity contribution in [3.8, 4) is 23.0 Å². The van der Waals surface area contributed by atoms with Crippen LogP contribution in [0.4, 0.5) is 0 Å². The van der Waals surface area contributed by atoms with Gasteiger partial charge in [-0.2, -0.15) is 0 Å². The monoisotopic (exact) mass is 1310 g/mol. The van der Waals surface area contributed by atoms with E-state index in [4.69, 9.17) is 31.2 Å². The third-order valence-corrected chi connectivity index (χ3v) is 17.1. The van der Waals surface area contributed by atoms with Gasteiger partial charge in [0.15, 0.2) is 0 Å². The number of unbranched alkanes of at least 4 members (excludes halogenated alkanes) is 4. The zero-order chi connectivity index (χ0) is 65.6. The Morgan fingerprint density at radius 3 is 1.14 bits per heavy atom. The Labute approximate surface area is 549 Å². The lowest BCUT2D eigenvalue weighted by atomic mass is 10.1. The average molecular weight is 1310 g/mol. The predicted molar refractivity (Wildman–Crippen MR) is 359 cm³/mol. The summed E-state index contributed by atoms with van der Waals surface area (Å²) in [6.45, 7) is 13.1. The molecule has 4 aromatic carbocycles. The molecule has 7 N–H and O–H groups in total. The highest BCUT2D eigenvalue weighted by Crippen LogP contribution is 2.31. The number of fused-ring (bicyclic) bond motifs is 21. The maximum atomic E-state index is 14.4. The van der Waals surface area contributed by atoms with Crippen molar-refractivity contribution in [1.29, 1.82) is 0 Å². The standard InChI is InChI=1S/C67H91N11O12S2/c1-5-9-42-87-55-47-17-13-20-50(55)62(82)71-28-35-76-36-29-72-63(83)51-21-14-18-48(56(51)88-43-10-6-2)60(80)69-26-33-75(32-25-68-59(47)79)34-27-70-61(81)49-19-15-22-52(57(49)89-44-11-7-3)64(84)73-30-37-77(40-39-76)38-31-74-65(85)53-23-16-24-54(58(53)90-45-12-8-4)66(86)78-41-46-92-67(78)91/h13-24H,5-12,25-46H2,1-4H3,(H,68,79)(H,69,80)(H,70,81)(H,71,82)(H,72,83)(H,73,84)(H,74,85). The predicted octanol–water partition coefficient (Wildman–Crippen LogP) is 6.02. The molecule has 4 aliphatic heterocycles. The Balaban J connectivity index is 1.25. The molecular weight excluding hydrogens is 1210 g/mol. The van der Waals surface area contributed by atoms with E-state index in [1.54, 1.807) is 72.8 Å². The molecule has 0 saturated carbocycles. The van der Waals surface area contributed by atoms with Crippen molar-refractivity contribution in [2.75, 3.05) is 143 Å². The number of benzene rings is 4. The van der Waals surface area contributed by atoms with Crippen molar-refractivity contribution < 1.29 is 57.3 Å². The molecule has 0 radical (unpaired) electrons. The van der Waals surface area contributed by atoms with Crippen LogP contribution in [-0.4, -0.2) is 215 Å². The molecule has 1 saturated heterocycles. The summed E-state index contributed by atoms with van der Waals surface area (Å²) in [6.07, 6.45) is 5.97. The Morgan fingerprint density at radius 1 is 0.446 bits per heavy atom. The van der Waals surface area contributed by atoms with E-state index in [0.717, 1.165) is 25.7 Å². The quantitative estimate of drug-likeness (QED) is 0.0371. The average Bonchev–Trinajstić information content (AvgIpc) is 1.24. The molecule has 4 aromatic rings. The van der Waals surface area contributed by atoms with Gasteiger partial charge in [0.2, 0.25) is 0 Å². The Bertz CT molecular complexity index is 3090. The van der Waals surface area contributed by atoms with Gasteiger partial charge >= 0.3 is 0 Å². The molecule has 4 aliphatic rings. The molecule has 0 spiro atoms. The molecule has 8 amide bonds. The highest BCUT2D eigenvalue weighted by Gasteiger charge is 2.31. The lowest BCUT2D eigenvalue weighted by Crippen LogP contribution is -2.46. The van der Waals surface area contributed by atoms with Gasteiger partial charge in [0, 0.05) is 117 Å². The van der Waals surface area contributed by atoms with Crippen molar-refractivity contribution in [1.82, 2.24) is 56.8 Å². The number of nitrogens with one attached hydrogen (secondary N) is 7. The van der Waals surface area contributed by atoms with Gasteiger partial charge in [-0.3, -0.25) is 58.0 Å². The highest BCUT2D eigenvalue weighted by molar-refractivity contribution is 8.23. The van der Waals surface area contributed by atoms with Gasteiger partial charge in [-0.1, -0.05) is 102 Å². The molecule has 1 fully saturated rings. The second kappa shape index (κ2) is 38.2. The molecule has 8 rings (SSSR count). The molecular formula is C67H91N11O12S2. The van der Waals surface area contributed by atoms with Crippen LogP contribution in [0.25, 0.3) is 0 Å². The van der Waals surface area contributed by atoms with Crippen molar-refractivity contribution in [2.24, 2.45) is 0 Å². The Morgan fingerprint density at radius 2 is 0.783 bits per heavy atom. The molecule has 92 heavy (non-hydrogen) atoms. The fourth-order valence-electron chi connectivity index (χ4n) is 10.4. The first kappa shape index (κ1) is 71.6. The number of thioether (sulfide) groups is 1. The van der Waals surface area contributed by atoms with Crippen LogP contribution in [0.3, 0.4) is 0 Å². The first-order valence-corrected chi connectivity index (χ1v) is 33.8. The van der Waals surface area contributed by atoms with Crippen molar-refractivity contribution in [2.45, 2.75) is 79.1 Å². The SMILES string of the molecule is CCCCOc1c2cccc1C(=O)NCCN1CCNC(=O)c3cccc(c3OCCCC)C(=O)NCCN(CCNC2=O)CCNC(=O)c2cccc(c2OCCCC)C(=O)NCCN(CCNC(=O)c2cccc(C(=O)N3CCSC3=S)c2OCCCC)CC1. The van der Waals surface area contributed by atoms with E-state index in [-0.39, 0.29) is 191 Å². The van der Waals surface area contributed by atoms with E-state index in [9.17, 15) is 38.4 Å². The number of para-hydroxylation sites is 4. The summed E-state index contributed by atoms with van der Waals surface area (Å²) in [5.41, 5.74) is 1.48. The Kier molecular flexibility index (Phi) is 29.8. The van der Waals surface area contributed by atoms with Gasteiger partial charge < -0.3 is 56.2 Å². The van der Waals surface area contributed by atoms with Crippen molar-refractivity contribution >= 4 is 75.6 Å². The molecule has 4 heterocycles. The van der Waals surface area contributed by atoms with E-state index < -0.39 is 41.4 Å². The third-order valence-electron chi connectivity index (χ3n) is 15.7. The number of hydrogen-bond acceptors (Lipinski definition) is 17. The van der Waals surface area contributed by atoms with Gasteiger partial charge in [0.25, 0.3) is 47.3 Å². The van der Waals surface area contributed by atoms with Gasteiger partial charge in [-0.25, -0.2) is 0 Å². The fourth-order valence-corrected chi connectivity index (χ4v) is 11.6. The zero-order valence-electron chi connectivity index (χ0n) is 53.6. The number of rotatable bonds is 21. The topological polar surface area (TPSA) is 271 Å². The van der Waals surface area contributed by atoms with E-state index in [2.05, 4.69) is 47.0 Å². The number of amides is 8. The maximum absolute atomic E-state index is 14.4. The van der Waals surface area contributed by atoms with Gasteiger partial charge in [0.1, 0.15) is 27.3 Å². The van der Waals surface area contributed by atoms with Crippen LogP contribution in [0, 0.1) is 0 Å². The van der Waals surface area contributed by atoms with Crippen LogP contribution < -0.4 is 56.2 Å². The summed E-state index contributed by atoms with van der Waals surface area (Å²) in [7, 11) is 0. The van der Waals surface area contributed by atoms with Crippen LogP contribution in [0.2, 0.25) is 0 Å². The highest BCUT2D eigenvalue weighted by atomic mass is 32.2. The molecule has 0 aromatic heterocycles. The fraction of sp³-hybridized carbons (Fsp3) is 0.507. The van der Waals surface area contributed by atoms with Crippen LogP contribution in [-0.2, 0) is 0 Å². The lowest BCUT2D eigenvalue weighted by molar-refractivity contribution is 0.0852. The van der Waals surface area contributed by atoms with Crippen LogP contribution >= 0.6 is 24.0 Å². The second-order valence-corrected chi connectivity index (χ2v) is 24.2. The number of thiocarbonyl (C=S) groups is 1. The van der Waals surface area contributed by atoms with Gasteiger partial charge in [-0.15, -0.1) is 0 Å². The van der Waals surface area contributed by atoms with Crippen molar-refractivity contribution in [3.05, 3.63) is 117 Å². The maximum Gasteiger partial charge on any atom is 0.263 e. The summed E-state index contributed by atoms with van der Waals surface area (Å²) < 4.78 is 25.5. The number of hydrogen-bond donors (Lipinski definition) is 7. The van der Waals surface area contributed by atoms with Crippen molar-refractivity contribution in [3.63, 3.8) is 0 Å². The number of carbonyl (C=O) groups is 8. The normalized spacial score (nSPS) is 17.9. The molecule has 23 nitrogen and oxygen atoms in total. The molecule has 0 atom stereocenters. The zero-order valence-corrected chi connectivity index (χ0v) is 55.3. The smallest absolute Gasteiger partial charge is 0.263 e. The third kappa shape index (κ3) is 20.8. The van der Waals surface area contributed by atoms with E-state index in [1.165, 1.54) is 16.7 Å². The molecule has 8 bridgehead atoms. The van der Waals surface area contributed by atoms with Crippen LogP contribution in [0.1, 0.15) is 162 Å². The minimum absolute atomic E-state index is 0.117. The van der Waals surface area contributed by atoms with E-state index in [1.807, 2.05) is 32.6 Å². The first-order chi connectivity index (χ1) is 44.8. The summed E-state index contributed by atoms with van der Waals surface area (Å²) >= 11 is 6.92. The second-order valence-electron chi connectivity index (χ2n) is 22.4. The Hall–Kier alpha value is -7.84. The number of carbonyl (C=O) groups excluding carboxylic acids is 8. The molecule has 498 valence electrons. The minimum Gasteiger partial charge on any atom is -0.492 e. The summed E-state index contributed by atoms with van der Waals surface area (Å²) in [6, 6.07) is 19.5. The largest absolute Gasteiger partial charge is 0.492 e. The number of nitrogens with zero attached hydrogens (tertiary/aromatic N) is 4. The minimum atomic E-state index is -0.480. The molecule has 0 aliphatic carbocycles. The first-order valence-electron chi connectivity index (χ1n) is 32.4. The van der Waals surface area contributed by atoms with E-state index in [0.29, 0.717) is 55.4 Å². The summed E-state index contributed by atoms with van der Waals surface area (Å²) in [5.74, 6) is -2.31. The van der Waals surface area contributed by atoms with Gasteiger partial charge in [-0.05, 0) is 74.2 Å². The van der Waals surface area contributed by atoms with Gasteiger partial charge in [0.05, 0.1) is 70.9 Å². The van der Waals surface area contributed by atoms with Crippen LogP contribution in [0.15, 0.2) is 72.8 Å². The lowest BCUT2D eigenvalue weighted by Gasteiger charge is -2.28. The molecule has 25 heteroatoms. The number of ether oxygens (including phenoxy) is 4. The van der Waals surface area contributed by atoms with E-state index >= 15 is 0 Å². The summed E-state index contributed by atoms with van der Waals surface area (Å²) in [5, 5.41) is 21.2. The van der Waals surface area contributed by atoms with Crippen LogP contribution in [0.5, 0.6) is 23.0 Å². The molecule has 0 unspecified atom stereocenters. The summed E-state index contributed by atoms with van der Waals surface area (Å²) in [4.78, 5) is 122.